The van der Waals surface area contributed by atoms with E-state index in [2.05, 4.69) is 4.98 Å². The number of rotatable bonds is 4. The van der Waals surface area contributed by atoms with E-state index in [0.717, 1.165) is 29.9 Å². The molecule has 0 aliphatic carbocycles. The Bertz CT molecular complexity index is 971. The van der Waals surface area contributed by atoms with Crippen molar-refractivity contribution in [2.75, 3.05) is 13.7 Å². The maximum atomic E-state index is 13.0. The highest BCUT2D eigenvalue weighted by Gasteiger charge is 2.32. The molecule has 0 radical (unpaired) electrons. The van der Waals surface area contributed by atoms with Gasteiger partial charge in [-0.1, -0.05) is 0 Å². The minimum Gasteiger partial charge on any atom is -0.461 e. The molecule has 1 saturated heterocycles. The van der Waals surface area contributed by atoms with Gasteiger partial charge in [-0.25, -0.2) is 0 Å². The number of aromatic nitrogens is 1. The third-order valence-corrected chi connectivity index (χ3v) is 4.66. The summed E-state index contributed by atoms with van der Waals surface area (Å²) in [6, 6.07) is 9.12. The van der Waals surface area contributed by atoms with E-state index in [1.54, 1.807) is 19.2 Å². The van der Waals surface area contributed by atoms with Crippen LogP contribution in [0, 0.1) is 4.84 Å². The Hall–Kier alpha value is -2.38. The van der Waals surface area contributed by atoms with Crippen LogP contribution >= 0.6 is 12.2 Å². The number of furan rings is 1. The van der Waals surface area contributed by atoms with E-state index >= 15 is 0 Å². The number of hydrogen-bond acceptors (Lipinski definition) is 5. The molecular formula is C18H18N2O4S. The van der Waals surface area contributed by atoms with Crippen molar-refractivity contribution in [1.82, 2.24) is 9.88 Å². The molecular weight excluding hydrogens is 340 g/mol. The van der Waals surface area contributed by atoms with Gasteiger partial charge in [0.25, 0.3) is 10.7 Å². The van der Waals surface area contributed by atoms with E-state index in [0.29, 0.717) is 29.1 Å². The standard InChI is InChI=1S/C18H18N2O4S/c1-22-10-12-5-7-15(23-12)14-3-2-8-20(14)17(21)11-4-6-13-16(9-11)24-18(25)19-13/h4-7,9,14H,2-3,8,10H2,1H3,(H,19,25). The van der Waals surface area contributed by atoms with Crippen molar-refractivity contribution in [1.29, 1.82) is 0 Å². The number of carbonyl (C=O) groups is 1. The van der Waals surface area contributed by atoms with Gasteiger partial charge in [0, 0.05) is 19.2 Å². The fraction of sp³-hybridized carbons (Fsp3) is 0.333. The molecule has 0 bridgehead atoms. The topological polar surface area (TPSA) is 71.6 Å². The van der Waals surface area contributed by atoms with Crippen LogP contribution in [0.1, 0.15) is 40.8 Å². The monoisotopic (exact) mass is 358 g/mol. The molecule has 1 aliphatic heterocycles. The number of H-pyrrole nitrogens is 1. The number of nitrogens with one attached hydrogen (secondary N) is 1. The zero-order valence-corrected chi connectivity index (χ0v) is 14.6. The van der Waals surface area contributed by atoms with Crippen LogP contribution in [0.15, 0.2) is 39.2 Å². The Morgan fingerprint density at radius 1 is 1.36 bits per heavy atom. The first kappa shape index (κ1) is 16.1. The summed E-state index contributed by atoms with van der Waals surface area (Å²) >= 11 is 5.00. The SMILES string of the molecule is COCc1ccc(C2CCCN2C(=O)c2ccc3[nH]c(=S)oc3c2)o1. The highest BCUT2D eigenvalue weighted by molar-refractivity contribution is 7.71. The summed E-state index contributed by atoms with van der Waals surface area (Å²) in [5.41, 5.74) is 1.96. The van der Waals surface area contributed by atoms with Gasteiger partial charge in [-0.2, -0.15) is 0 Å². The summed E-state index contributed by atoms with van der Waals surface area (Å²) in [6.07, 6.45) is 1.84. The minimum absolute atomic E-state index is 0.0311. The highest BCUT2D eigenvalue weighted by atomic mass is 32.1. The second kappa shape index (κ2) is 6.50. The van der Waals surface area contributed by atoms with E-state index in [4.69, 9.17) is 25.8 Å². The van der Waals surface area contributed by atoms with Crippen molar-refractivity contribution in [2.45, 2.75) is 25.5 Å². The van der Waals surface area contributed by atoms with E-state index in [-0.39, 0.29) is 11.9 Å². The Kier molecular flexibility index (Phi) is 4.19. The predicted molar refractivity (Wildman–Crippen MR) is 93.8 cm³/mol. The largest absolute Gasteiger partial charge is 0.461 e. The number of nitrogens with zero attached hydrogens (tertiary/aromatic N) is 1. The van der Waals surface area contributed by atoms with Crippen molar-refractivity contribution in [3.63, 3.8) is 0 Å². The van der Waals surface area contributed by atoms with E-state index in [1.807, 2.05) is 23.1 Å². The van der Waals surface area contributed by atoms with Gasteiger partial charge < -0.3 is 23.5 Å². The molecule has 3 aromatic rings. The molecule has 1 amide bonds. The summed E-state index contributed by atoms with van der Waals surface area (Å²) in [6.45, 7) is 1.13. The molecule has 4 rings (SSSR count). The molecule has 1 aromatic carbocycles. The minimum atomic E-state index is -0.0496. The summed E-state index contributed by atoms with van der Waals surface area (Å²) in [7, 11) is 1.63. The van der Waals surface area contributed by atoms with Crippen LogP contribution in [0.3, 0.4) is 0 Å². The van der Waals surface area contributed by atoms with Gasteiger partial charge in [0.2, 0.25) is 0 Å². The van der Waals surface area contributed by atoms with Gasteiger partial charge in [-0.05, 0) is 55.4 Å². The van der Waals surface area contributed by atoms with Gasteiger partial charge in [-0.3, -0.25) is 4.79 Å². The fourth-order valence-corrected chi connectivity index (χ4v) is 3.54. The van der Waals surface area contributed by atoms with Crippen molar-refractivity contribution < 1.29 is 18.4 Å². The molecule has 6 nitrogen and oxygen atoms in total. The molecule has 1 atom stereocenters. The number of methoxy groups -OCH3 is 1. The molecule has 25 heavy (non-hydrogen) atoms. The number of ether oxygens (including phenoxy) is 1. The van der Waals surface area contributed by atoms with Crippen molar-refractivity contribution >= 4 is 29.2 Å². The van der Waals surface area contributed by atoms with Crippen molar-refractivity contribution in [3.8, 4) is 0 Å². The maximum Gasteiger partial charge on any atom is 0.266 e. The van der Waals surface area contributed by atoms with Crippen molar-refractivity contribution in [3.05, 3.63) is 52.3 Å². The number of fused-ring (bicyclic) bond motifs is 1. The molecule has 0 saturated carbocycles. The van der Waals surface area contributed by atoms with Crippen LogP contribution in [0.5, 0.6) is 0 Å². The zero-order chi connectivity index (χ0) is 17.4. The molecule has 2 aromatic heterocycles. The average Bonchev–Trinajstić information content (AvgIpc) is 3.31. The predicted octanol–water partition coefficient (Wildman–Crippen LogP) is 4.21. The molecule has 7 heteroatoms. The van der Waals surface area contributed by atoms with Gasteiger partial charge in [0.1, 0.15) is 18.1 Å². The Morgan fingerprint density at radius 2 is 2.24 bits per heavy atom. The lowest BCUT2D eigenvalue weighted by molar-refractivity contribution is 0.0716. The fourth-order valence-electron chi connectivity index (χ4n) is 3.34. The molecule has 0 spiro atoms. The normalized spacial score (nSPS) is 17.5. The Labute approximate surface area is 149 Å². The van der Waals surface area contributed by atoms with Crippen LogP contribution in [0.25, 0.3) is 11.1 Å². The lowest BCUT2D eigenvalue weighted by Gasteiger charge is -2.23. The van der Waals surface area contributed by atoms with Gasteiger partial charge in [0.15, 0.2) is 5.58 Å². The summed E-state index contributed by atoms with van der Waals surface area (Å²) in [5, 5.41) is 0. The van der Waals surface area contributed by atoms with Gasteiger partial charge in [0.05, 0.1) is 11.6 Å². The van der Waals surface area contributed by atoms with Crippen LogP contribution in [-0.2, 0) is 11.3 Å². The number of benzene rings is 1. The first-order valence-electron chi connectivity index (χ1n) is 8.17. The van der Waals surface area contributed by atoms with Gasteiger partial charge in [-0.15, -0.1) is 0 Å². The quantitative estimate of drug-likeness (QED) is 0.708. The number of likely N-dealkylation sites (tertiary alicyclic amines) is 1. The van der Waals surface area contributed by atoms with E-state index in [1.165, 1.54) is 0 Å². The van der Waals surface area contributed by atoms with Crippen LogP contribution in [-0.4, -0.2) is 29.4 Å². The zero-order valence-electron chi connectivity index (χ0n) is 13.8. The maximum absolute atomic E-state index is 13.0. The van der Waals surface area contributed by atoms with Gasteiger partial charge >= 0.3 is 0 Å². The lowest BCUT2D eigenvalue weighted by atomic mass is 10.1. The average molecular weight is 358 g/mol. The summed E-state index contributed by atoms with van der Waals surface area (Å²) in [4.78, 5) is 18.1. The lowest BCUT2D eigenvalue weighted by Crippen LogP contribution is -2.30. The van der Waals surface area contributed by atoms with E-state index < -0.39 is 0 Å². The number of carbonyl (C=O) groups excluding carboxylic acids is 1. The third-order valence-electron chi connectivity index (χ3n) is 4.48. The summed E-state index contributed by atoms with van der Waals surface area (Å²) < 4.78 is 16.4. The molecule has 3 heterocycles. The molecule has 1 fully saturated rings. The third kappa shape index (κ3) is 3.01. The summed E-state index contributed by atoms with van der Waals surface area (Å²) in [5.74, 6) is 1.54. The Morgan fingerprint density at radius 3 is 3.08 bits per heavy atom. The molecule has 1 unspecified atom stereocenters. The first-order valence-corrected chi connectivity index (χ1v) is 8.58. The highest BCUT2D eigenvalue weighted by Crippen LogP contribution is 2.34. The molecule has 130 valence electrons. The molecule has 1 aliphatic rings. The smallest absolute Gasteiger partial charge is 0.266 e. The second-order valence-corrected chi connectivity index (χ2v) is 6.49. The second-order valence-electron chi connectivity index (χ2n) is 6.12. The number of oxazole rings is 1. The number of aromatic amines is 1. The Balaban J connectivity index is 1.61. The first-order chi connectivity index (χ1) is 12.2. The van der Waals surface area contributed by atoms with E-state index in [9.17, 15) is 4.79 Å². The van der Waals surface area contributed by atoms with Crippen LogP contribution < -0.4 is 0 Å². The van der Waals surface area contributed by atoms with Crippen LogP contribution in [0.4, 0.5) is 0 Å². The number of amides is 1. The molecule has 1 N–H and O–H groups in total. The van der Waals surface area contributed by atoms with Crippen molar-refractivity contribution in [2.24, 2.45) is 0 Å². The van der Waals surface area contributed by atoms with Crippen LogP contribution in [0.2, 0.25) is 0 Å². The number of hydrogen-bond donors (Lipinski definition) is 1.